The fourth-order valence-electron chi connectivity index (χ4n) is 5.31. The van der Waals surface area contributed by atoms with E-state index in [0.29, 0.717) is 0 Å². The van der Waals surface area contributed by atoms with E-state index < -0.39 is 5.83 Å². The van der Waals surface area contributed by atoms with Crippen LogP contribution in [0.4, 0.5) is 4.39 Å². The normalized spacial score (nSPS) is 28.2. The zero-order chi connectivity index (χ0) is 21.4. The van der Waals surface area contributed by atoms with Crippen molar-refractivity contribution < 1.29 is 4.39 Å². The Morgan fingerprint density at radius 3 is 1.97 bits per heavy atom. The molecule has 0 heterocycles. The highest BCUT2D eigenvalue weighted by molar-refractivity contribution is 5.18. The summed E-state index contributed by atoms with van der Waals surface area (Å²) in [5.41, 5.74) is 0. The number of hydrogen-bond acceptors (Lipinski definition) is 1. The average molecular weight is 414 g/mol. The average Bonchev–Trinajstić information content (AvgIpc) is 2.78. The quantitative estimate of drug-likeness (QED) is 0.135. The first-order valence-electron chi connectivity index (χ1n) is 12.8. The molecule has 0 bridgehead atoms. The van der Waals surface area contributed by atoms with Gasteiger partial charge in [-0.1, -0.05) is 69.8 Å². The smallest absolute Gasteiger partial charge is 0.195 e. The van der Waals surface area contributed by atoms with Gasteiger partial charge < -0.3 is 0 Å². The number of unbranched alkanes of at least 4 members (excludes halogenated alkanes) is 4. The van der Waals surface area contributed by atoms with Gasteiger partial charge in [-0.25, -0.2) is 0 Å². The van der Waals surface area contributed by atoms with Crippen molar-refractivity contribution in [2.75, 3.05) is 0 Å². The van der Waals surface area contributed by atoms with E-state index in [2.05, 4.69) is 19.1 Å². The molecular formula is C28H44FN. The van der Waals surface area contributed by atoms with Crippen molar-refractivity contribution in [3.63, 3.8) is 0 Å². The van der Waals surface area contributed by atoms with Crippen LogP contribution in [0.2, 0.25) is 0 Å². The zero-order valence-electron chi connectivity index (χ0n) is 19.3. The largest absolute Gasteiger partial charge is 0.199 e. The molecule has 1 nitrogen and oxygen atoms in total. The summed E-state index contributed by atoms with van der Waals surface area (Å²) in [6.07, 6.45) is 31.9. The van der Waals surface area contributed by atoms with E-state index >= 15 is 0 Å². The van der Waals surface area contributed by atoms with E-state index in [9.17, 15) is 4.39 Å². The summed E-state index contributed by atoms with van der Waals surface area (Å²) < 4.78 is 12.7. The summed E-state index contributed by atoms with van der Waals surface area (Å²) in [5, 5.41) is 8.38. The van der Waals surface area contributed by atoms with E-state index in [1.807, 2.05) is 6.08 Å². The number of nitrogens with zero attached hydrogens (tertiary/aromatic N) is 1. The highest BCUT2D eigenvalue weighted by Crippen LogP contribution is 2.35. The Labute approximate surface area is 185 Å². The van der Waals surface area contributed by atoms with Crippen LogP contribution in [0.5, 0.6) is 0 Å². The minimum absolute atomic E-state index is 0.713. The zero-order valence-corrected chi connectivity index (χ0v) is 19.3. The number of halogens is 1. The van der Waals surface area contributed by atoms with Gasteiger partial charge in [0.25, 0.3) is 0 Å². The molecule has 2 saturated carbocycles. The van der Waals surface area contributed by atoms with Crippen molar-refractivity contribution in [1.82, 2.24) is 0 Å². The van der Waals surface area contributed by atoms with Crippen molar-refractivity contribution in [3.8, 4) is 6.07 Å². The number of nitriles is 1. The Bertz CT molecular complexity index is 566. The minimum atomic E-state index is -0.713. The van der Waals surface area contributed by atoms with Gasteiger partial charge in [-0.2, -0.15) is 9.65 Å². The molecule has 30 heavy (non-hydrogen) atoms. The van der Waals surface area contributed by atoms with Crippen molar-refractivity contribution >= 4 is 0 Å². The Balaban J connectivity index is 1.54. The summed E-state index contributed by atoms with van der Waals surface area (Å²) in [5.74, 6) is 2.74. The van der Waals surface area contributed by atoms with Gasteiger partial charge in [0.2, 0.25) is 0 Å². The van der Waals surface area contributed by atoms with E-state index in [1.165, 1.54) is 108 Å². The fraction of sp³-hybridized carbons (Fsp3) is 0.750. The van der Waals surface area contributed by atoms with E-state index in [0.717, 1.165) is 30.1 Å². The summed E-state index contributed by atoms with van der Waals surface area (Å²) in [4.78, 5) is 0. The first-order chi connectivity index (χ1) is 14.7. The van der Waals surface area contributed by atoms with E-state index in [4.69, 9.17) is 5.26 Å². The van der Waals surface area contributed by atoms with Crippen LogP contribution in [0.15, 0.2) is 36.2 Å². The Kier molecular flexibility index (Phi) is 12.8. The lowest BCUT2D eigenvalue weighted by Gasteiger charge is -2.29. The maximum Gasteiger partial charge on any atom is 0.199 e. The lowest BCUT2D eigenvalue weighted by atomic mass is 9.77. The molecule has 0 aliphatic heterocycles. The number of allylic oxidation sites excluding steroid dienone is 6. The SMILES string of the molecule is CCCCCCC[C@H]1CC[C@H](/C=C/C2CCC(CCC=CC=C(F)C#N)CC2)CC1. The molecule has 2 rings (SSSR count). The molecule has 168 valence electrons. The second-order valence-corrected chi connectivity index (χ2v) is 9.78. The van der Waals surface area contributed by atoms with Gasteiger partial charge in [0.15, 0.2) is 5.83 Å². The molecule has 2 aliphatic carbocycles. The van der Waals surface area contributed by atoms with E-state index in [-0.39, 0.29) is 0 Å². The van der Waals surface area contributed by atoms with Crippen LogP contribution in [0.3, 0.4) is 0 Å². The van der Waals surface area contributed by atoms with Crippen LogP contribution >= 0.6 is 0 Å². The van der Waals surface area contributed by atoms with E-state index in [1.54, 1.807) is 6.08 Å². The fourth-order valence-corrected chi connectivity index (χ4v) is 5.31. The molecule has 0 N–H and O–H groups in total. The van der Waals surface area contributed by atoms with Crippen molar-refractivity contribution in [2.24, 2.45) is 23.7 Å². The molecule has 0 unspecified atom stereocenters. The monoisotopic (exact) mass is 413 g/mol. The molecule has 0 atom stereocenters. The molecular weight excluding hydrogens is 369 g/mol. The van der Waals surface area contributed by atoms with Crippen LogP contribution in [-0.4, -0.2) is 0 Å². The molecule has 0 aromatic rings. The van der Waals surface area contributed by atoms with Gasteiger partial charge in [0.1, 0.15) is 6.07 Å². The lowest BCUT2D eigenvalue weighted by Crippen LogP contribution is -2.15. The second kappa shape index (κ2) is 15.4. The third-order valence-electron chi connectivity index (χ3n) is 7.38. The van der Waals surface area contributed by atoms with Gasteiger partial charge in [-0.05, 0) is 94.0 Å². The maximum atomic E-state index is 12.7. The van der Waals surface area contributed by atoms with Crippen molar-refractivity contribution in [3.05, 3.63) is 36.2 Å². The molecule has 2 heteroatoms. The predicted molar refractivity (Wildman–Crippen MR) is 127 cm³/mol. The number of rotatable bonds is 12. The van der Waals surface area contributed by atoms with Gasteiger partial charge in [0, 0.05) is 0 Å². The highest BCUT2D eigenvalue weighted by atomic mass is 19.1. The highest BCUT2D eigenvalue weighted by Gasteiger charge is 2.21. The molecule has 0 aromatic heterocycles. The van der Waals surface area contributed by atoms with Crippen LogP contribution in [0.1, 0.15) is 110 Å². The summed E-state index contributed by atoms with van der Waals surface area (Å²) >= 11 is 0. The van der Waals surface area contributed by atoms with Crippen molar-refractivity contribution in [1.29, 1.82) is 5.26 Å². The Morgan fingerprint density at radius 1 is 0.833 bits per heavy atom. The Morgan fingerprint density at radius 2 is 1.40 bits per heavy atom. The summed E-state index contributed by atoms with van der Waals surface area (Å²) in [6, 6.07) is 1.50. The third-order valence-corrected chi connectivity index (χ3v) is 7.38. The summed E-state index contributed by atoms with van der Waals surface area (Å²) in [7, 11) is 0. The van der Waals surface area contributed by atoms with Gasteiger partial charge in [-0.3, -0.25) is 0 Å². The second-order valence-electron chi connectivity index (χ2n) is 9.78. The van der Waals surface area contributed by atoms with Crippen LogP contribution < -0.4 is 0 Å². The van der Waals surface area contributed by atoms with Crippen molar-refractivity contribution in [2.45, 2.75) is 110 Å². The molecule has 2 fully saturated rings. The predicted octanol–water partition coefficient (Wildman–Crippen LogP) is 9.23. The standard InChI is InChI=1S/C28H44FN/c1-2-3-4-5-7-10-24-13-17-26(18-14-24)21-22-27-19-15-25(16-20-27)11-8-6-9-12-28(29)23-30/h6,9,12,21-22,24-27H,2-5,7-8,10-11,13-20H2,1H3/b9-6?,22-21+,28-12?/t24-,25?,26-,27?. The minimum Gasteiger partial charge on any atom is -0.195 e. The van der Waals surface area contributed by atoms with Gasteiger partial charge >= 0.3 is 0 Å². The molecule has 0 saturated heterocycles. The molecule has 0 aromatic carbocycles. The van der Waals surface area contributed by atoms with Crippen LogP contribution in [-0.2, 0) is 0 Å². The van der Waals surface area contributed by atoms with Crippen LogP contribution in [0, 0.1) is 35.0 Å². The molecule has 0 amide bonds. The molecule has 0 radical (unpaired) electrons. The summed E-state index contributed by atoms with van der Waals surface area (Å²) in [6.45, 7) is 2.29. The molecule has 0 spiro atoms. The molecule has 2 aliphatic rings. The maximum absolute atomic E-state index is 12.7. The Hall–Kier alpha value is -1.36. The lowest BCUT2D eigenvalue weighted by molar-refractivity contribution is 0.282. The number of hydrogen-bond donors (Lipinski definition) is 0. The van der Waals surface area contributed by atoms with Crippen LogP contribution in [0.25, 0.3) is 0 Å². The first kappa shape index (κ1) is 24.9. The topological polar surface area (TPSA) is 23.8 Å². The van der Waals surface area contributed by atoms with Gasteiger partial charge in [-0.15, -0.1) is 0 Å². The third kappa shape index (κ3) is 10.6. The van der Waals surface area contributed by atoms with Gasteiger partial charge in [0.05, 0.1) is 0 Å². The first-order valence-corrected chi connectivity index (χ1v) is 12.8.